The van der Waals surface area contributed by atoms with Crippen molar-refractivity contribution in [2.75, 3.05) is 32.8 Å². The van der Waals surface area contributed by atoms with Gasteiger partial charge in [0, 0.05) is 44.5 Å². The van der Waals surface area contributed by atoms with Crippen molar-refractivity contribution < 1.29 is 9.53 Å². The molecule has 32 heavy (non-hydrogen) atoms. The van der Waals surface area contributed by atoms with E-state index in [-0.39, 0.29) is 11.6 Å². The maximum Gasteiger partial charge on any atom is 0.325 e. The van der Waals surface area contributed by atoms with Crippen LogP contribution < -0.4 is 10.4 Å². The largest absolute Gasteiger partial charge is 0.494 e. The van der Waals surface area contributed by atoms with Gasteiger partial charge in [0.2, 0.25) is 5.91 Å². The number of piperazine rings is 1. The second-order valence-corrected chi connectivity index (χ2v) is 8.84. The number of aromatic nitrogens is 3. The summed E-state index contributed by atoms with van der Waals surface area (Å²) < 4.78 is 5.86. The van der Waals surface area contributed by atoms with Crippen molar-refractivity contribution in [3.05, 3.63) is 57.1 Å². The number of imidazole rings is 1. The van der Waals surface area contributed by atoms with Crippen LogP contribution in [0.1, 0.15) is 18.4 Å². The highest BCUT2D eigenvalue weighted by molar-refractivity contribution is 7.07. The zero-order valence-corrected chi connectivity index (χ0v) is 18.5. The first kappa shape index (κ1) is 20.7. The number of pyridine rings is 1. The highest BCUT2D eigenvalue weighted by atomic mass is 32.1. The fraction of sp³-hybridized carbons (Fsp3) is 0.348. The van der Waals surface area contributed by atoms with E-state index in [9.17, 15) is 9.59 Å². The molecule has 1 aromatic carbocycles. The van der Waals surface area contributed by atoms with Crippen LogP contribution in [0, 0.1) is 0 Å². The summed E-state index contributed by atoms with van der Waals surface area (Å²) >= 11 is 1.72. The third kappa shape index (κ3) is 4.68. The van der Waals surface area contributed by atoms with Crippen molar-refractivity contribution in [3.63, 3.8) is 0 Å². The van der Waals surface area contributed by atoms with Gasteiger partial charge < -0.3 is 14.6 Å². The number of hydrogen-bond acceptors (Lipinski definition) is 6. The van der Waals surface area contributed by atoms with Gasteiger partial charge in [-0.15, -0.1) is 0 Å². The van der Waals surface area contributed by atoms with E-state index in [0.717, 1.165) is 49.4 Å². The van der Waals surface area contributed by atoms with Crippen LogP contribution in [0.15, 0.2) is 45.9 Å². The molecule has 0 radical (unpaired) electrons. The third-order valence-electron chi connectivity index (χ3n) is 5.78. The quantitative estimate of drug-likeness (QED) is 0.421. The number of carbonyl (C=O) groups excluding carboxylic acids is 1. The lowest BCUT2D eigenvalue weighted by molar-refractivity contribution is -0.133. The number of carbonyl (C=O) groups is 1. The average Bonchev–Trinajstić information content (AvgIpc) is 3.43. The average molecular weight is 452 g/mol. The molecule has 1 amide bonds. The van der Waals surface area contributed by atoms with Gasteiger partial charge >= 0.3 is 5.69 Å². The van der Waals surface area contributed by atoms with Gasteiger partial charge in [-0.05, 0) is 53.1 Å². The lowest BCUT2D eigenvalue weighted by atomic mass is 10.2. The van der Waals surface area contributed by atoms with Gasteiger partial charge in [0.05, 0.1) is 17.6 Å². The van der Waals surface area contributed by atoms with Crippen molar-refractivity contribution in [2.45, 2.75) is 19.4 Å². The van der Waals surface area contributed by atoms with E-state index < -0.39 is 0 Å². The van der Waals surface area contributed by atoms with Crippen LogP contribution in [0.2, 0.25) is 0 Å². The molecule has 9 heteroatoms. The summed E-state index contributed by atoms with van der Waals surface area (Å²) in [4.78, 5) is 38.2. The number of ether oxygens (including phenoxy) is 1. The first-order valence-corrected chi connectivity index (χ1v) is 11.8. The minimum atomic E-state index is -0.271. The Balaban J connectivity index is 1.08. The summed E-state index contributed by atoms with van der Waals surface area (Å²) in [6.07, 6.45) is 1.17. The number of nitrogens with zero attached hydrogens (tertiary/aromatic N) is 3. The molecule has 0 saturated carbocycles. The zero-order valence-electron chi connectivity index (χ0n) is 17.7. The number of thiophene rings is 1. The standard InChI is InChI=1S/C23H25N5O3S/c29-21(28-8-6-27(7-9-28)14-16-5-11-32-15-16)2-1-10-31-18-3-4-19-17(12-18)13-20-22(24-19)26-23(30)25-20/h3-5,11-13,15H,1-2,6-10,14H2,(H2,24,25,26,30). The molecular weight excluding hydrogens is 426 g/mol. The first-order chi connectivity index (χ1) is 15.6. The van der Waals surface area contributed by atoms with Crippen LogP contribution in [0.25, 0.3) is 22.1 Å². The highest BCUT2D eigenvalue weighted by Crippen LogP contribution is 2.22. The predicted molar refractivity (Wildman–Crippen MR) is 125 cm³/mol. The van der Waals surface area contributed by atoms with E-state index in [1.807, 2.05) is 29.2 Å². The molecule has 0 aliphatic carbocycles. The Morgan fingerprint density at radius 1 is 1.12 bits per heavy atom. The maximum atomic E-state index is 12.5. The molecule has 0 bridgehead atoms. The second-order valence-electron chi connectivity index (χ2n) is 8.06. The van der Waals surface area contributed by atoms with E-state index in [0.29, 0.717) is 30.6 Å². The lowest BCUT2D eigenvalue weighted by Gasteiger charge is -2.34. The third-order valence-corrected chi connectivity index (χ3v) is 6.51. The van der Waals surface area contributed by atoms with E-state index in [2.05, 4.69) is 36.7 Å². The van der Waals surface area contributed by atoms with Gasteiger partial charge in [0.15, 0.2) is 5.65 Å². The Labute approximate surface area is 188 Å². The van der Waals surface area contributed by atoms with Crippen LogP contribution in [0.3, 0.4) is 0 Å². The molecule has 1 saturated heterocycles. The lowest BCUT2D eigenvalue weighted by Crippen LogP contribution is -2.48. The summed E-state index contributed by atoms with van der Waals surface area (Å²) in [5.41, 5.74) is 3.08. The number of amides is 1. The normalized spacial score (nSPS) is 14.9. The fourth-order valence-corrected chi connectivity index (χ4v) is 4.72. The zero-order chi connectivity index (χ0) is 21.9. The Hall–Kier alpha value is -3.17. The van der Waals surface area contributed by atoms with Gasteiger partial charge in [0.1, 0.15) is 5.75 Å². The highest BCUT2D eigenvalue weighted by Gasteiger charge is 2.20. The molecule has 0 spiro atoms. The Morgan fingerprint density at radius 3 is 2.81 bits per heavy atom. The van der Waals surface area contributed by atoms with E-state index >= 15 is 0 Å². The van der Waals surface area contributed by atoms with Gasteiger partial charge in [-0.3, -0.25) is 14.7 Å². The number of fused-ring (bicyclic) bond motifs is 2. The molecule has 1 aliphatic heterocycles. The molecule has 1 fully saturated rings. The molecule has 1 aliphatic rings. The SMILES string of the molecule is O=C(CCCOc1ccc2nc3[nH]c(=O)[nH]c3cc2c1)N1CCN(Cc2ccsc2)CC1. The van der Waals surface area contributed by atoms with Crippen molar-refractivity contribution in [1.82, 2.24) is 24.8 Å². The molecule has 2 N–H and O–H groups in total. The van der Waals surface area contributed by atoms with Crippen molar-refractivity contribution in [2.24, 2.45) is 0 Å². The van der Waals surface area contributed by atoms with Crippen LogP contribution in [0.5, 0.6) is 5.75 Å². The second kappa shape index (κ2) is 9.13. The number of nitrogens with one attached hydrogen (secondary N) is 2. The fourth-order valence-electron chi connectivity index (χ4n) is 4.06. The minimum absolute atomic E-state index is 0.199. The summed E-state index contributed by atoms with van der Waals surface area (Å²) in [7, 11) is 0. The Bertz CT molecular complexity index is 1270. The summed E-state index contributed by atoms with van der Waals surface area (Å²) in [6.45, 7) is 4.86. The van der Waals surface area contributed by atoms with Crippen LogP contribution in [-0.4, -0.2) is 63.4 Å². The number of benzene rings is 1. The minimum Gasteiger partial charge on any atom is -0.494 e. The Kier molecular flexibility index (Phi) is 5.91. The number of H-pyrrole nitrogens is 2. The van der Waals surface area contributed by atoms with E-state index in [1.165, 1.54) is 5.56 Å². The topological polar surface area (TPSA) is 94.3 Å². The van der Waals surface area contributed by atoms with Crippen molar-refractivity contribution in [3.8, 4) is 5.75 Å². The number of aromatic amines is 2. The monoisotopic (exact) mass is 451 g/mol. The van der Waals surface area contributed by atoms with Crippen LogP contribution in [0.4, 0.5) is 0 Å². The van der Waals surface area contributed by atoms with Gasteiger partial charge in [-0.2, -0.15) is 11.3 Å². The molecule has 5 rings (SSSR count). The first-order valence-electron chi connectivity index (χ1n) is 10.8. The van der Waals surface area contributed by atoms with Crippen molar-refractivity contribution in [1.29, 1.82) is 0 Å². The Morgan fingerprint density at radius 2 is 2.00 bits per heavy atom. The molecule has 4 heterocycles. The smallest absolute Gasteiger partial charge is 0.325 e. The molecule has 0 unspecified atom stereocenters. The summed E-state index contributed by atoms with van der Waals surface area (Å²) in [6, 6.07) is 9.68. The van der Waals surface area contributed by atoms with E-state index in [4.69, 9.17) is 4.74 Å². The van der Waals surface area contributed by atoms with Crippen LogP contribution >= 0.6 is 11.3 Å². The molecular formula is C23H25N5O3S. The molecule has 8 nitrogen and oxygen atoms in total. The molecule has 3 aromatic heterocycles. The van der Waals surface area contributed by atoms with E-state index in [1.54, 1.807) is 11.3 Å². The van der Waals surface area contributed by atoms with Gasteiger partial charge in [0.25, 0.3) is 0 Å². The maximum absolute atomic E-state index is 12.5. The number of hydrogen-bond donors (Lipinski definition) is 2. The predicted octanol–water partition coefficient (Wildman–Crippen LogP) is 2.97. The summed E-state index contributed by atoms with van der Waals surface area (Å²) in [5.74, 6) is 0.927. The van der Waals surface area contributed by atoms with Crippen molar-refractivity contribution >= 4 is 39.3 Å². The van der Waals surface area contributed by atoms with Gasteiger partial charge in [-0.1, -0.05) is 0 Å². The molecule has 0 atom stereocenters. The van der Waals surface area contributed by atoms with Gasteiger partial charge in [-0.25, -0.2) is 9.78 Å². The van der Waals surface area contributed by atoms with Crippen LogP contribution in [-0.2, 0) is 11.3 Å². The number of rotatable bonds is 7. The summed E-state index contributed by atoms with van der Waals surface area (Å²) in [5, 5.41) is 5.18. The molecule has 4 aromatic rings. The molecule has 166 valence electrons.